The molecule has 0 bridgehead atoms. The molecule has 0 radical (unpaired) electrons. The summed E-state index contributed by atoms with van der Waals surface area (Å²) < 4.78 is 0. The highest BCUT2D eigenvalue weighted by molar-refractivity contribution is 7.11. The summed E-state index contributed by atoms with van der Waals surface area (Å²) in [5, 5.41) is 13.0. The lowest BCUT2D eigenvalue weighted by Crippen LogP contribution is -2.38. The Morgan fingerprint density at radius 2 is 2.22 bits per heavy atom. The number of aromatic nitrogens is 1. The lowest BCUT2D eigenvalue weighted by Gasteiger charge is -2.18. The van der Waals surface area contributed by atoms with E-state index in [1.165, 1.54) is 0 Å². The molecule has 1 aromatic heterocycles. The third-order valence-electron chi connectivity index (χ3n) is 2.63. The normalized spacial score (nSPS) is 12.3. The predicted molar refractivity (Wildman–Crippen MR) is 72.8 cm³/mol. The highest BCUT2D eigenvalue weighted by atomic mass is 32.1. The average Bonchev–Trinajstić information content (AvgIpc) is 2.61. The lowest BCUT2D eigenvalue weighted by molar-refractivity contribution is 0.163. The number of carbonyl (C=O) groups excluding carboxylic acids is 1. The first-order valence-corrected chi connectivity index (χ1v) is 6.81. The highest BCUT2D eigenvalue weighted by Crippen LogP contribution is 2.16. The van der Waals surface area contributed by atoms with Crippen molar-refractivity contribution < 1.29 is 9.90 Å². The summed E-state index contributed by atoms with van der Waals surface area (Å²) >= 11 is 1.60. The molecule has 18 heavy (non-hydrogen) atoms. The van der Waals surface area contributed by atoms with Crippen LogP contribution in [-0.4, -0.2) is 40.7 Å². The molecule has 0 aliphatic heterocycles. The van der Waals surface area contributed by atoms with Gasteiger partial charge in [0.2, 0.25) is 0 Å². The molecule has 6 heteroatoms. The van der Waals surface area contributed by atoms with Gasteiger partial charge < -0.3 is 15.3 Å². The van der Waals surface area contributed by atoms with Gasteiger partial charge in [0.15, 0.2) is 0 Å². The molecule has 1 unspecified atom stereocenters. The fraction of sp³-hybridized carbons (Fsp3) is 0.667. The molecule has 2 N–H and O–H groups in total. The standard InChI is InChI=1S/C12H21N3O2S/c1-8(16)5-6-15(4)12(17)13-7-11-9(2)14-10(3)18-11/h8,16H,5-7H2,1-4H3,(H,13,17). The van der Waals surface area contributed by atoms with Crippen LogP contribution in [0.25, 0.3) is 0 Å². The van der Waals surface area contributed by atoms with Crippen LogP contribution in [0.5, 0.6) is 0 Å². The summed E-state index contributed by atoms with van der Waals surface area (Å²) in [7, 11) is 1.72. The van der Waals surface area contributed by atoms with Gasteiger partial charge in [0.05, 0.1) is 23.4 Å². The van der Waals surface area contributed by atoms with Crippen molar-refractivity contribution in [1.29, 1.82) is 0 Å². The molecule has 5 nitrogen and oxygen atoms in total. The first-order chi connectivity index (χ1) is 8.40. The van der Waals surface area contributed by atoms with Gasteiger partial charge in [0, 0.05) is 18.5 Å². The monoisotopic (exact) mass is 271 g/mol. The minimum atomic E-state index is -0.383. The third-order valence-corrected chi connectivity index (χ3v) is 3.70. The van der Waals surface area contributed by atoms with Gasteiger partial charge in [0.1, 0.15) is 0 Å². The van der Waals surface area contributed by atoms with Gasteiger partial charge in [0.25, 0.3) is 0 Å². The summed E-state index contributed by atoms with van der Waals surface area (Å²) in [5.41, 5.74) is 0.976. The largest absolute Gasteiger partial charge is 0.393 e. The van der Waals surface area contributed by atoms with Crippen molar-refractivity contribution in [3.05, 3.63) is 15.6 Å². The molecule has 2 amide bonds. The Balaban J connectivity index is 2.38. The van der Waals surface area contributed by atoms with Gasteiger partial charge in [-0.05, 0) is 27.2 Å². The number of aryl methyl sites for hydroxylation is 2. The van der Waals surface area contributed by atoms with E-state index in [1.54, 1.807) is 30.2 Å². The SMILES string of the molecule is Cc1nc(C)c(CNC(=O)N(C)CCC(C)O)s1. The summed E-state index contributed by atoms with van der Waals surface area (Å²) in [6, 6.07) is -0.124. The third kappa shape index (κ3) is 4.62. The number of carbonyl (C=O) groups is 1. The lowest BCUT2D eigenvalue weighted by atomic mass is 10.3. The quantitative estimate of drug-likeness (QED) is 0.856. The van der Waals surface area contributed by atoms with E-state index in [2.05, 4.69) is 10.3 Å². The molecule has 1 heterocycles. The van der Waals surface area contributed by atoms with Gasteiger partial charge in [-0.2, -0.15) is 0 Å². The van der Waals surface area contributed by atoms with E-state index in [0.29, 0.717) is 19.5 Å². The Morgan fingerprint density at radius 1 is 1.56 bits per heavy atom. The molecule has 0 aliphatic rings. The first-order valence-electron chi connectivity index (χ1n) is 6.00. The second-order valence-corrected chi connectivity index (χ2v) is 5.75. The van der Waals surface area contributed by atoms with Crippen molar-refractivity contribution >= 4 is 17.4 Å². The van der Waals surface area contributed by atoms with E-state index in [0.717, 1.165) is 15.6 Å². The summed E-state index contributed by atoms with van der Waals surface area (Å²) in [4.78, 5) is 18.7. The van der Waals surface area contributed by atoms with Crippen molar-refractivity contribution in [2.75, 3.05) is 13.6 Å². The van der Waals surface area contributed by atoms with Gasteiger partial charge in [-0.3, -0.25) is 0 Å². The zero-order chi connectivity index (χ0) is 13.7. The van der Waals surface area contributed by atoms with Crippen LogP contribution in [0.4, 0.5) is 4.79 Å². The molecule has 0 saturated heterocycles. The molecule has 0 spiro atoms. The molecular weight excluding hydrogens is 250 g/mol. The number of hydrogen-bond acceptors (Lipinski definition) is 4. The van der Waals surface area contributed by atoms with Gasteiger partial charge >= 0.3 is 6.03 Å². The molecule has 0 fully saturated rings. The Hall–Kier alpha value is -1.14. The molecule has 0 saturated carbocycles. The van der Waals surface area contributed by atoms with Gasteiger partial charge in [-0.1, -0.05) is 0 Å². The van der Waals surface area contributed by atoms with Crippen LogP contribution >= 0.6 is 11.3 Å². The minimum absolute atomic E-state index is 0.124. The summed E-state index contributed by atoms with van der Waals surface area (Å²) in [5.74, 6) is 0. The zero-order valence-electron chi connectivity index (χ0n) is 11.4. The number of urea groups is 1. The van der Waals surface area contributed by atoms with Crippen molar-refractivity contribution in [2.45, 2.75) is 39.8 Å². The van der Waals surface area contributed by atoms with Crippen molar-refractivity contribution in [3.63, 3.8) is 0 Å². The molecule has 0 aromatic carbocycles. The minimum Gasteiger partial charge on any atom is -0.393 e. The fourth-order valence-electron chi connectivity index (χ4n) is 1.51. The topological polar surface area (TPSA) is 65.5 Å². The number of amides is 2. The number of aliphatic hydroxyl groups is 1. The number of thiazole rings is 1. The van der Waals surface area contributed by atoms with Crippen molar-refractivity contribution in [1.82, 2.24) is 15.2 Å². The van der Waals surface area contributed by atoms with Gasteiger partial charge in [-0.15, -0.1) is 11.3 Å². The Bertz CT molecular complexity index is 404. The Labute approximate surface area is 112 Å². The second-order valence-electron chi connectivity index (χ2n) is 4.46. The maximum Gasteiger partial charge on any atom is 0.317 e. The Kier molecular flexibility index (Phi) is 5.55. The van der Waals surface area contributed by atoms with Gasteiger partial charge in [-0.25, -0.2) is 9.78 Å². The number of rotatable bonds is 5. The van der Waals surface area contributed by atoms with E-state index >= 15 is 0 Å². The molecular formula is C12H21N3O2S. The molecule has 1 aromatic rings. The fourth-order valence-corrected chi connectivity index (χ4v) is 2.39. The highest BCUT2D eigenvalue weighted by Gasteiger charge is 2.11. The molecule has 1 rings (SSSR count). The smallest absolute Gasteiger partial charge is 0.317 e. The van der Waals surface area contributed by atoms with Crippen LogP contribution in [0.1, 0.15) is 28.9 Å². The second kappa shape index (κ2) is 6.70. The summed E-state index contributed by atoms with van der Waals surface area (Å²) in [6.45, 7) is 6.68. The van der Waals surface area contributed by atoms with Crippen molar-refractivity contribution in [2.24, 2.45) is 0 Å². The van der Waals surface area contributed by atoms with E-state index in [9.17, 15) is 4.79 Å². The van der Waals surface area contributed by atoms with E-state index in [4.69, 9.17) is 5.11 Å². The molecule has 0 aliphatic carbocycles. The number of hydrogen-bond donors (Lipinski definition) is 2. The molecule has 102 valence electrons. The van der Waals surface area contributed by atoms with Crippen LogP contribution in [-0.2, 0) is 6.54 Å². The summed E-state index contributed by atoms with van der Waals surface area (Å²) in [6.07, 6.45) is 0.203. The van der Waals surface area contributed by atoms with Crippen LogP contribution < -0.4 is 5.32 Å². The maximum atomic E-state index is 11.8. The van der Waals surface area contributed by atoms with Crippen LogP contribution in [0.3, 0.4) is 0 Å². The number of aliphatic hydroxyl groups excluding tert-OH is 1. The maximum absolute atomic E-state index is 11.8. The van der Waals surface area contributed by atoms with Crippen molar-refractivity contribution in [3.8, 4) is 0 Å². The average molecular weight is 271 g/mol. The Morgan fingerprint density at radius 3 is 2.72 bits per heavy atom. The van der Waals surface area contributed by atoms with E-state index < -0.39 is 0 Å². The predicted octanol–water partition coefficient (Wildman–Crippen LogP) is 1.67. The van der Waals surface area contributed by atoms with E-state index in [1.807, 2.05) is 13.8 Å². The zero-order valence-corrected chi connectivity index (χ0v) is 12.2. The number of nitrogens with one attached hydrogen (secondary N) is 1. The number of nitrogens with zero attached hydrogens (tertiary/aromatic N) is 2. The van der Waals surface area contributed by atoms with Crippen LogP contribution in [0, 0.1) is 13.8 Å². The van der Waals surface area contributed by atoms with Crippen LogP contribution in [0.2, 0.25) is 0 Å². The van der Waals surface area contributed by atoms with E-state index in [-0.39, 0.29) is 12.1 Å². The molecule has 1 atom stereocenters. The first kappa shape index (κ1) is 14.9. The van der Waals surface area contributed by atoms with Crippen LogP contribution in [0.15, 0.2) is 0 Å².